The molecule has 5 rings (SSSR count). The Kier molecular flexibility index (Phi) is 5.45. The van der Waals surface area contributed by atoms with E-state index in [2.05, 4.69) is 10.3 Å². The number of benzene rings is 1. The Morgan fingerprint density at radius 2 is 1.97 bits per heavy atom. The SMILES string of the molecule is CC(C)CC(=O)Nc1cccc2c1[C@@H]1CN(C(=O)c3c(C(F)(F)F)nc4ccc(F)cn34)C[C@@H]1O2. The van der Waals surface area contributed by atoms with E-state index in [1.165, 1.54) is 4.90 Å². The molecule has 1 aromatic carbocycles. The lowest BCUT2D eigenvalue weighted by Crippen LogP contribution is -2.33. The molecule has 2 aliphatic rings. The van der Waals surface area contributed by atoms with Gasteiger partial charge in [-0.05, 0) is 30.2 Å². The molecule has 2 atom stereocenters. The van der Waals surface area contributed by atoms with Crippen molar-refractivity contribution >= 4 is 23.1 Å². The number of pyridine rings is 1. The summed E-state index contributed by atoms with van der Waals surface area (Å²) in [6.07, 6.45) is -4.24. The average molecular weight is 490 g/mol. The van der Waals surface area contributed by atoms with Crippen LogP contribution in [-0.4, -0.2) is 45.3 Å². The van der Waals surface area contributed by atoms with Gasteiger partial charge in [-0.25, -0.2) is 9.37 Å². The number of carbonyl (C=O) groups excluding carboxylic acids is 2. The maximum atomic E-state index is 13.8. The molecule has 2 aliphatic heterocycles. The third-order valence-corrected chi connectivity index (χ3v) is 6.19. The molecule has 0 spiro atoms. The van der Waals surface area contributed by atoms with Gasteiger partial charge in [-0.2, -0.15) is 13.2 Å². The van der Waals surface area contributed by atoms with Crippen LogP contribution in [0.5, 0.6) is 5.75 Å². The number of imidazole rings is 1. The molecule has 1 saturated heterocycles. The minimum Gasteiger partial charge on any atom is -0.487 e. The predicted molar refractivity (Wildman–Crippen MR) is 118 cm³/mol. The molecule has 0 saturated carbocycles. The van der Waals surface area contributed by atoms with Crippen molar-refractivity contribution in [2.24, 2.45) is 5.92 Å². The number of fused-ring (bicyclic) bond motifs is 4. The molecule has 4 heterocycles. The Hall–Kier alpha value is -3.63. The average Bonchev–Trinajstić information content (AvgIpc) is 3.42. The van der Waals surface area contributed by atoms with Crippen LogP contribution in [0.25, 0.3) is 5.65 Å². The number of likely N-dealkylation sites (tertiary alicyclic amines) is 1. The summed E-state index contributed by atoms with van der Waals surface area (Å²) in [5.41, 5.74) is -1.02. The minimum absolute atomic E-state index is 0.0391. The highest BCUT2D eigenvalue weighted by Gasteiger charge is 2.47. The van der Waals surface area contributed by atoms with Gasteiger partial charge in [0, 0.05) is 36.3 Å². The maximum absolute atomic E-state index is 13.8. The molecule has 0 aliphatic carbocycles. The summed E-state index contributed by atoms with van der Waals surface area (Å²) in [6.45, 7) is 3.97. The van der Waals surface area contributed by atoms with Gasteiger partial charge in [0.2, 0.25) is 5.91 Å². The zero-order chi connectivity index (χ0) is 25.1. The lowest BCUT2D eigenvalue weighted by molar-refractivity contribution is -0.141. The zero-order valence-corrected chi connectivity index (χ0v) is 18.9. The molecular weight excluding hydrogens is 468 g/mol. The Balaban J connectivity index is 1.46. The molecule has 0 bridgehead atoms. The first-order chi connectivity index (χ1) is 16.5. The fourth-order valence-corrected chi connectivity index (χ4v) is 4.78. The van der Waals surface area contributed by atoms with E-state index in [1.54, 1.807) is 18.2 Å². The summed E-state index contributed by atoms with van der Waals surface area (Å²) in [6, 6.07) is 7.31. The van der Waals surface area contributed by atoms with Crippen LogP contribution in [0.15, 0.2) is 36.5 Å². The molecule has 2 amide bonds. The van der Waals surface area contributed by atoms with Crippen LogP contribution in [0.4, 0.5) is 23.2 Å². The van der Waals surface area contributed by atoms with E-state index < -0.39 is 35.4 Å². The number of halogens is 4. The van der Waals surface area contributed by atoms with Gasteiger partial charge in [-0.1, -0.05) is 19.9 Å². The van der Waals surface area contributed by atoms with Gasteiger partial charge < -0.3 is 15.0 Å². The van der Waals surface area contributed by atoms with Crippen LogP contribution in [0.3, 0.4) is 0 Å². The number of hydrogen-bond acceptors (Lipinski definition) is 4. The molecule has 7 nitrogen and oxygen atoms in total. The second-order valence-corrected chi connectivity index (χ2v) is 9.22. The predicted octanol–water partition coefficient (Wildman–Crippen LogP) is 4.48. The van der Waals surface area contributed by atoms with E-state index in [-0.39, 0.29) is 36.5 Å². The number of alkyl halides is 3. The van der Waals surface area contributed by atoms with Crippen molar-refractivity contribution < 1.29 is 31.9 Å². The van der Waals surface area contributed by atoms with Crippen LogP contribution >= 0.6 is 0 Å². The number of nitrogens with one attached hydrogen (secondary N) is 1. The molecule has 11 heteroatoms. The van der Waals surface area contributed by atoms with Crippen molar-refractivity contribution in [2.75, 3.05) is 18.4 Å². The van der Waals surface area contributed by atoms with Gasteiger partial charge in [0.1, 0.15) is 29.0 Å². The summed E-state index contributed by atoms with van der Waals surface area (Å²) >= 11 is 0. The lowest BCUT2D eigenvalue weighted by Gasteiger charge is -2.19. The topological polar surface area (TPSA) is 75.9 Å². The largest absolute Gasteiger partial charge is 0.487 e. The Morgan fingerprint density at radius 1 is 1.20 bits per heavy atom. The van der Waals surface area contributed by atoms with Gasteiger partial charge in [-0.3, -0.25) is 14.0 Å². The molecule has 2 aromatic heterocycles. The summed E-state index contributed by atoms with van der Waals surface area (Å²) < 4.78 is 61.8. The molecule has 35 heavy (non-hydrogen) atoms. The molecular formula is C24H22F4N4O3. The van der Waals surface area contributed by atoms with E-state index in [9.17, 15) is 27.2 Å². The highest BCUT2D eigenvalue weighted by atomic mass is 19.4. The van der Waals surface area contributed by atoms with Crippen molar-refractivity contribution in [2.45, 2.75) is 38.5 Å². The van der Waals surface area contributed by atoms with Gasteiger partial charge in [0.05, 0.1) is 6.54 Å². The highest BCUT2D eigenvalue weighted by Crippen LogP contribution is 2.46. The van der Waals surface area contributed by atoms with E-state index in [1.807, 2.05) is 13.8 Å². The molecule has 1 N–H and O–H groups in total. The number of aromatic nitrogens is 2. The fraction of sp³-hybridized carbons (Fsp3) is 0.375. The summed E-state index contributed by atoms with van der Waals surface area (Å²) in [7, 11) is 0. The molecule has 184 valence electrons. The zero-order valence-electron chi connectivity index (χ0n) is 18.9. The van der Waals surface area contributed by atoms with Crippen LogP contribution in [0, 0.1) is 11.7 Å². The van der Waals surface area contributed by atoms with Crippen LogP contribution in [-0.2, 0) is 11.0 Å². The molecule has 3 aromatic rings. The van der Waals surface area contributed by atoms with Gasteiger partial charge in [0.25, 0.3) is 5.91 Å². The van der Waals surface area contributed by atoms with Gasteiger partial charge >= 0.3 is 6.18 Å². The molecule has 1 fully saturated rings. The molecule has 0 unspecified atom stereocenters. The first-order valence-electron chi connectivity index (χ1n) is 11.2. The van der Waals surface area contributed by atoms with E-state index >= 15 is 0 Å². The van der Waals surface area contributed by atoms with Gasteiger partial charge in [-0.15, -0.1) is 0 Å². The smallest absolute Gasteiger partial charge is 0.435 e. The van der Waals surface area contributed by atoms with E-state index in [4.69, 9.17) is 4.74 Å². The summed E-state index contributed by atoms with van der Waals surface area (Å²) in [4.78, 5) is 30.5. The third kappa shape index (κ3) is 4.08. The van der Waals surface area contributed by atoms with Crippen molar-refractivity contribution in [1.29, 1.82) is 0 Å². The number of ether oxygens (including phenoxy) is 1. The Morgan fingerprint density at radius 3 is 2.69 bits per heavy atom. The normalized spacial score (nSPS) is 19.1. The van der Waals surface area contributed by atoms with E-state index in [0.29, 0.717) is 23.4 Å². The van der Waals surface area contributed by atoms with Crippen molar-refractivity contribution in [1.82, 2.24) is 14.3 Å². The number of nitrogens with zero attached hydrogens (tertiary/aromatic N) is 3. The highest BCUT2D eigenvalue weighted by molar-refractivity contribution is 5.96. The van der Waals surface area contributed by atoms with Crippen LogP contribution < -0.4 is 10.1 Å². The first-order valence-corrected chi connectivity index (χ1v) is 11.2. The van der Waals surface area contributed by atoms with Crippen molar-refractivity contribution in [3.05, 3.63) is 59.3 Å². The lowest BCUT2D eigenvalue weighted by atomic mass is 9.96. The standard InChI is InChI=1S/C24H22F4N4O3/c1-12(2)8-19(33)29-15-4-3-5-16-20(15)14-10-31(11-17(14)35-16)23(34)21-22(24(26,27)28)30-18-7-6-13(25)9-32(18)21/h3-7,9,12,14,17H,8,10-11H2,1-2H3,(H,29,33)/t14-,17+/m1/s1. The van der Waals surface area contributed by atoms with Crippen molar-refractivity contribution in [3.8, 4) is 5.75 Å². The quantitative estimate of drug-likeness (QED) is 0.548. The van der Waals surface area contributed by atoms with Crippen LogP contribution in [0.1, 0.15) is 47.9 Å². The molecule has 0 radical (unpaired) electrons. The van der Waals surface area contributed by atoms with Gasteiger partial charge in [0.15, 0.2) is 5.69 Å². The van der Waals surface area contributed by atoms with E-state index in [0.717, 1.165) is 22.7 Å². The Labute approximate surface area is 197 Å². The Bertz CT molecular complexity index is 1330. The second-order valence-electron chi connectivity index (χ2n) is 9.22. The number of anilines is 1. The number of carbonyl (C=O) groups is 2. The third-order valence-electron chi connectivity index (χ3n) is 6.19. The minimum atomic E-state index is -4.90. The maximum Gasteiger partial charge on any atom is 0.435 e. The summed E-state index contributed by atoms with van der Waals surface area (Å²) in [5.74, 6) is -1.48. The van der Waals surface area contributed by atoms with Crippen LogP contribution in [0.2, 0.25) is 0 Å². The monoisotopic (exact) mass is 490 g/mol. The van der Waals surface area contributed by atoms with Crippen molar-refractivity contribution in [3.63, 3.8) is 0 Å². The fourth-order valence-electron chi connectivity index (χ4n) is 4.78. The summed E-state index contributed by atoms with van der Waals surface area (Å²) in [5, 5.41) is 2.89. The number of hydrogen-bond donors (Lipinski definition) is 1. The number of amides is 2. The number of rotatable bonds is 4. The second kappa shape index (κ2) is 8.24. The first kappa shape index (κ1) is 23.1.